The molecule has 146 valence electrons. The van der Waals surface area contributed by atoms with Crippen LogP contribution in [0.2, 0.25) is 5.02 Å². The van der Waals surface area contributed by atoms with E-state index < -0.39 is 15.9 Å². The molecule has 1 unspecified atom stereocenters. The van der Waals surface area contributed by atoms with Gasteiger partial charge in [-0.3, -0.25) is 4.79 Å². The number of anilines is 1. The maximum Gasteiger partial charge on any atom is 0.243 e. The lowest BCUT2D eigenvalue weighted by molar-refractivity contribution is -0.120. The lowest BCUT2D eigenvalue weighted by Crippen LogP contribution is -2.43. The smallest absolute Gasteiger partial charge is 0.243 e. The molecule has 0 saturated carbocycles. The Morgan fingerprint density at radius 3 is 2.71 bits per heavy atom. The average Bonchev–Trinajstić information content (AvgIpc) is 3.12. The van der Waals surface area contributed by atoms with Crippen molar-refractivity contribution >= 4 is 54.2 Å². The Kier molecular flexibility index (Phi) is 5.37. The van der Waals surface area contributed by atoms with E-state index in [1.165, 1.54) is 15.6 Å². The third kappa shape index (κ3) is 3.77. The number of hydrogen-bond acceptors (Lipinski definition) is 5. The number of aromatic nitrogens is 1. The molecule has 0 radical (unpaired) electrons. The molecule has 1 amide bonds. The van der Waals surface area contributed by atoms with E-state index in [1.807, 2.05) is 12.1 Å². The molecule has 1 N–H and O–H groups in total. The zero-order chi connectivity index (χ0) is 19.7. The molecular weight excluding hydrogens is 418 g/mol. The third-order valence-corrected chi connectivity index (χ3v) is 7.86. The molecule has 0 aliphatic carbocycles. The largest absolute Gasteiger partial charge is 0.302 e. The number of amides is 1. The van der Waals surface area contributed by atoms with Crippen molar-refractivity contribution in [3.8, 4) is 0 Å². The number of thiazole rings is 1. The summed E-state index contributed by atoms with van der Waals surface area (Å²) in [7, 11) is -3.60. The third-order valence-electron chi connectivity index (χ3n) is 4.74. The van der Waals surface area contributed by atoms with Gasteiger partial charge in [-0.25, -0.2) is 13.4 Å². The maximum absolute atomic E-state index is 12.8. The van der Waals surface area contributed by atoms with Crippen molar-refractivity contribution in [1.29, 1.82) is 0 Å². The van der Waals surface area contributed by atoms with Crippen molar-refractivity contribution in [2.45, 2.75) is 17.7 Å². The molecule has 1 atom stereocenters. The number of nitrogens with one attached hydrogen (secondary N) is 1. The van der Waals surface area contributed by atoms with Crippen LogP contribution < -0.4 is 5.32 Å². The first-order valence-electron chi connectivity index (χ1n) is 8.86. The van der Waals surface area contributed by atoms with Gasteiger partial charge in [0, 0.05) is 13.1 Å². The van der Waals surface area contributed by atoms with Gasteiger partial charge in [0.15, 0.2) is 5.13 Å². The van der Waals surface area contributed by atoms with Gasteiger partial charge in [0.2, 0.25) is 15.9 Å². The van der Waals surface area contributed by atoms with Crippen LogP contribution in [0.5, 0.6) is 0 Å². The number of carbonyl (C=O) groups excluding carboxylic acids is 1. The zero-order valence-electron chi connectivity index (χ0n) is 14.8. The molecule has 1 aliphatic rings. The SMILES string of the molecule is O=C(Nc1nc2c(Cl)cccc2s1)C1CCCN(S(=O)(=O)c2ccccc2)C1. The second-order valence-electron chi connectivity index (χ2n) is 6.61. The maximum atomic E-state index is 12.8. The first-order valence-corrected chi connectivity index (χ1v) is 11.5. The van der Waals surface area contributed by atoms with E-state index in [9.17, 15) is 13.2 Å². The highest BCUT2D eigenvalue weighted by Gasteiger charge is 2.33. The van der Waals surface area contributed by atoms with Crippen molar-refractivity contribution in [3.05, 3.63) is 53.6 Å². The van der Waals surface area contributed by atoms with E-state index in [1.54, 1.807) is 36.4 Å². The minimum Gasteiger partial charge on any atom is -0.302 e. The van der Waals surface area contributed by atoms with E-state index in [-0.39, 0.29) is 17.3 Å². The van der Waals surface area contributed by atoms with Crippen LogP contribution >= 0.6 is 22.9 Å². The number of para-hydroxylation sites is 1. The summed E-state index contributed by atoms with van der Waals surface area (Å²) >= 11 is 7.49. The number of piperidine rings is 1. The van der Waals surface area contributed by atoms with Gasteiger partial charge in [-0.2, -0.15) is 4.31 Å². The molecule has 0 spiro atoms. The molecule has 0 bridgehead atoms. The number of halogens is 1. The Hall–Kier alpha value is -2.00. The van der Waals surface area contributed by atoms with Crippen LogP contribution in [0.4, 0.5) is 5.13 Å². The summed E-state index contributed by atoms with van der Waals surface area (Å²) in [6.07, 6.45) is 1.27. The molecule has 1 saturated heterocycles. The predicted molar refractivity (Wildman–Crippen MR) is 111 cm³/mol. The summed E-state index contributed by atoms with van der Waals surface area (Å²) in [5.74, 6) is -0.641. The van der Waals surface area contributed by atoms with Gasteiger partial charge in [-0.1, -0.05) is 47.2 Å². The van der Waals surface area contributed by atoms with Crippen molar-refractivity contribution in [3.63, 3.8) is 0 Å². The Morgan fingerprint density at radius 2 is 1.96 bits per heavy atom. The summed E-state index contributed by atoms with van der Waals surface area (Å²) in [6, 6.07) is 13.8. The van der Waals surface area contributed by atoms with Crippen LogP contribution in [0.25, 0.3) is 10.2 Å². The average molecular weight is 436 g/mol. The van der Waals surface area contributed by atoms with Crippen LogP contribution in [-0.4, -0.2) is 36.7 Å². The predicted octanol–water partition coefficient (Wildman–Crippen LogP) is 3.99. The van der Waals surface area contributed by atoms with Crippen molar-refractivity contribution in [2.75, 3.05) is 18.4 Å². The van der Waals surface area contributed by atoms with Crippen LogP contribution in [0, 0.1) is 5.92 Å². The quantitative estimate of drug-likeness (QED) is 0.672. The lowest BCUT2D eigenvalue weighted by atomic mass is 9.99. The minimum absolute atomic E-state index is 0.161. The van der Waals surface area contributed by atoms with Crippen LogP contribution in [0.15, 0.2) is 53.4 Å². The number of benzene rings is 2. The highest BCUT2D eigenvalue weighted by Crippen LogP contribution is 2.31. The molecular formula is C19H18ClN3O3S2. The van der Waals surface area contributed by atoms with E-state index in [2.05, 4.69) is 10.3 Å². The van der Waals surface area contributed by atoms with Crippen molar-refractivity contribution in [1.82, 2.24) is 9.29 Å². The number of sulfonamides is 1. The monoisotopic (exact) mass is 435 g/mol. The second kappa shape index (κ2) is 7.79. The summed E-state index contributed by atoms with van der Waals surface area (Å²) in [5.41, 5.74) is 0.654. The number of hydrogen-bond donors (Lipinski definition) is 1. The Labute approximate surface area is 172 Å². The zero-order valence-corrected chi connectivity index (χ0v) is 17.2. The normalized spacial score (nSPS) is 18.2. The molecule has 2 aromatic carbocycles. The van der Waals surface area contributed by atoms with Gasteiger partial charge < -0.3 is 5.32 Å². The van der Waals surface area contributed by atoms with E-state index >= 15 is 0 Å². The molecule has 28 heavy (non-hydrogen) atoms. The Morgan fingerprint density at radius 1 is 1.18 bits per heavy atom. The molecule has 1 fully saturated rings. The molecule has 3 aromatic rings. The summed E-state index contributed by atoms with van der Waals surface area (Å²) in [6.45, 7) is 0.576. The van der Waals surface area contributed by atoms with E-state index in [0.29, 0.717) is 35.1 Å². The number of fused-ring (bicyclic) bond motifs is 1. The van der Waals surface area contributed by atoms with Crippen LogP contribution in [0.3, 0.4) is 0 Å². The van der Waals surface area contributed by atoms with Crippen molar-refractivity contribution < 1.29 is 13.2 Å². The summed E-state index contributed by atoms with van der Waals surface area (Å²) in [4.78, 5) is 17.4. The molecule has 9 heteroatoms. The topological polar surface area (TPSA) is 79.4 Å². The van der Waals surface area contributed by atoms with Crippen molar-refractivity contribution in [2.24, 2.45) is 5.92 Å². The number of nitrogens with zero attached hydrogens (tertiary/aromatic N) is 2. The summed E-state index contributed by atoms with van der Waals surface area (Å²) in [5, 5.41) is 3.83. The first kappa shape index (κ1) is 19.3. The Bertz CT molecular complexity index is 1120. The van der Waals surface area contributed by atoms with Crippen LogP contribution in [0.1, 0.15) is 12.8 Å². The first-order chi connectivity index (χ1) is 13.4. The molecule has 2 heterocycles. The number of rotatable bonds is 4. The Balaban J connectivity index is 1.49. The fraction of sp³-hybridized carbons (Fsp3) is 0.263. The molecule has 1 aliphatic heterocycles. The standard InChI is InChI=1S/C19H18ClN3O3S2/c20-15-9-4-10-16-17(15)21-19(27-16)22-18(24)13-6-5-11-23(12-13)28(25,26)14-7-2-1-3-8-14/h1-4,7-10,13H,5-6,11-12H2,(H,21,22,24). The van der Waals surface area contributed by atoms with Gasteiger partial charge in [0.25, 0.3) is 0 Å². The second-order valence-corrected chi connectivity index (χ2v) is 9.99. The van der Waals surface area contributed by atoms with Gasteiger partial charge in [0.05, 0.1) is 20.5 Å². The fourth-order valence-electron chi connectivity index (χ4n) is 3.29. The summed E-state index contributed by atoms with van der Waals surface area (Å²) < 4.78 is 28.0. The fourth-order valence-corrected chi connectivity index (χ4v) is 6.01. The van der Waals surface area contributed by atoms with E-state index in [4.69, 9.17) is 11.6 Å². The van der Waals surface area contributed by atoms with Gasteiger partial charge in [-0.05, 0) is 37.1 Å². The van der Waals surface area contributed by atoms with Crippen LogP contribution in [-0.2, 0) is 14.8 Å². The van der Waals surface area contributed by atoms with Gasteiger partial charge in [-0.15, -0.1) is 0 Å². The number of carbonyl (C=O) groups is 1. The van der Waals surface area contributed by atoms with E-state index in [0.717, 1.165) is 4.70 Å². The highest BCUT2D eigenvalue weighted by molar-refractivity contribution is 7.89. The molecule has 4 rings (SSSR count). The van der Waals surface area contributed by atoms with Gasteiger partial charge >= 0.3 is 0 Å². The lowest BCUT2D eigenvalue weighted by Gasteiger charge is -2.31. The molecule has 6 nitrogen and oxygen atoms in total. The van der Waals surface area contributed by atoms with Gasteiger partial charge in [0.1, 0.15) is 5.52 Å². The highest BCUT2D eigenvalue weighted by atomic mass is 35.5. The minimum atomic E-state index is -3.60. The molecule has 1 aromatic heterocycles.